The van der Waals surface area contributed by atoms with Crippen LogP contribution in [-0.4, -0.2) is 54.7 Å². The summed E-state index contributed by atoms with van der Waals surface area (Å²) in [4.78, 5) is 13.0. The summed E-state index contributed by atoms with van der Waals surface area (Å²) in [6.07, 6.45) is 0.861. The molecule has 2 aromatic heterocycles. The van der Waals surface area contributed by atoms with Crippen molar-refractivity contribution in [2.24, 2.45) is 0 Å². The molecule has 26 heavy (non-hydrogen) atoms. The zero-order chi connectivity index (χ0) is 18.1. The SMILES string of the molecule is O[C@H]1[C@@H](O)CO[C@@H]1Cn1cnc2c(NCc3cccc(Br)c3)ncnc21. The van der Waals surface area contributed by atoms with Crippen molar-refractivity contribution in [3.63, 3.8) is 0 Å². The van der Waals surface area contributed by atoms with Gasteiger partial charge < -0.3 is 24.8 Å². The predicted molar refractivity (Wildman–Crippen MR) is 98.5 cm³/mol. The van der Waals surface area contributed by atoms with Crippen molar-refractivity contribution in [2.45, 2.75) is 31.4 Å². The van der Waals surface area contributed by atoms with E-state index in [1.165, 1.54) is 6.33 Å². The van der Waals surface area contributed by atoms with Crippen molar-refractivity contribution in [1.29, 1.82) is 0 Å². The van der Waals surface area contributed by atoms with Crippen LogP contribution in [0.5, 0.6) is 0 Å². The van der Waals surface area contributed by atoms with Crippen LogP contribution in [0.4, 0.5) is 5.82 Å². The Kier molecular flexibility index (Phi) is 4.86. The van der Waals surface area contributed by atoms with Crippen LogP contribution >= 0.6 is 15.9 Å². The van der Waals surface area contributed by atoms with E-state index in [0.29, 0.717) is 30.1 Å². The van der Waals surface area contributed by atoms with Gasteiger partial charge in [-0.2, -0.15) is 0 Å². The van der Waals surface area contributed by atoms with Crippen LogP contribution < -0.4 is 5.32 Å². The minimum Gasteiger partial charge on any atom is -0.388 e. The second kappa shape index (κ2) is 7.28. The van der Waals surface area contributed by atoms with Crippen molar-refractivity contribution in [1.82, 2.24) is 19.5 Å². The number of benzene rings is 1. The zero-order valence-corrected chi connectivity index (χ0v) is 15.4. The first-order valence-electron chi connectivity index (χ1n) is 8.23. The molecular formula is C17H18BrN5O3. The van der Waals surface area contributed by atoms with Gasteiger partial charge in [-0.1, -0.05) is 28.1 Å². The summed E-state index contributed by atoms with van der Waals surface area (Å²) < 4.78 is 8.25. The number of aliphatic hydroxyl groups excluding tert-OH is 2. The van der Waals surface area contributed by atoms with Crippen LogP contribution in [-0.2, 0) is 17.8 Å². The van der Waals surface area contributed by atoms with E-state index in [2.05, 4.69) is 36.2 Å². The highest BCUT2D eigenvalue weighted by Crippen LogP contribution is 2.22. The predicted octanol–water partition coefficient (Wildman–Crippen LogP) is 1.32. The van der Waals surface area contributed by atoms with Crippen molar-refractivity contribution in [3.05, 3.63) is 47.0 Å². The number of nitrogens with one attached hydrogen (secondary N) is 1. The summed E-state index contributed by atoms with van der Waals surface area (Å²) in [5.74, 6) is 0.640. The molecule has 9 heteroatoms. The molecule has 136 valence electrons. The maximum Gasteiger partial charge on any atom is 0.165 e. The molecule has 1 aliphatic rings. The van der Waals surface area contributed by atoms with Crippen LogP contribution in [0, 0.1) is 0 Å². The summed E-state index contributed by atoms with van der Waals surface area (Å²) in [5.41, 5.74) is 2.41. The number of imidazole rings is 1. The van der Waals surface area contributed by atoms with Gasteiger partial charge in [0, 0.05) is 11.0 Å². The van der Waals surface area contributed by atoms with Crippen molar-refractivity contribution in [3.8, 4) is 0 Å². The second-order valence-electron chi connectivity index (χ2n) is 6.20. The fourth-order valence-electron chi connectivity index (χ4n) is 3.00. The third kappa shape index (κ3) is 3.43. The van der Waals surface area contributed by atoms with Gasteiger partial charge in [-0.15, -0.1) is 0 Å². The molecule has 0 radical (unpaired) electrons. The van der Waals surface area contributed by atoms with E-state index in [1.807, 2.05) is 24.3 Å². The zero-order valence-electron chi connectivity index (χ0n) is 13.8. The molecule has 0 bridgehead atoms. The molecule has 1 saturated heterocycles. The molecule has 3 aromatic rings. The Bertz CT molecular complexity index is 918. The highest BCUT2D eigenvalue weighted by Gasteiger charge is 2.35. The van der Waals surface area contributed by atoms with Crippen molar-refractivity contribution >= 4 is 32.9 Å². The Morgan fingerprint density at radius 2 is 2.15 bits per heavy atom. The third-order valence-corrected chi connectivity index (χ3v) is 4.88. The smallest absolute Gasteiger partial charge is 0.165 e. The molecule has 0 aliphatic carbocycles. The normalized spacial score (nSPS) is 22.8. The Balaban J connectivity index is 1.53. The molecule has 4 rings (SSSR count). The molecule has 3 atom stereocenters. The number of hydrogen-bond acceptors (Lipinski definition) is 7. The Labute approximate surface area is 158 Å². The Hall–Kier alpha value is -2.07. The molecule has 0 amide bonds. The number of hydrogen-bond donors (Lipinski definition) is 3. The van der Waals surface area contributed by atoms with Gasteiger partial charge >= 0.3 is 0 Å². The number of ether oxygens (including phenoxy) is 1. The highest BCUT2D eigenvalue weighted by molar-refractivity contribution is 9.10. The number of fused-ring (bicyclic) bond motifs is 1. The summed E-state index contributed by atoms with van der Waals surface area (Å²) in [5, 5.41) is 22.9. The molecule has 0 spiro atoms. The molecule has 3 N–H and O–H groups in total. The number of aliphatic hydroxyl groups is 2. The van der Waals surface area contributed by atoms with Gasteiger partial charge in [0.15, 0.2) is 11.5 Å². The van der Waals surface area contributed by atoms with Gasteiger partial charge in [0.2, 0.25) is 0 Å². The maximum atomic E-state index is 9.96. The number of aromatic nitrogens is 4. The quantitative estimate of drug-likeness (QED) is 0.572. The molecular weight excluding hydrogens is 402 g/mol. The fourth-order valence-corrected chi connectivity index (χ4v) is 3.44. The van der Waals surface area contributed by atoms with E-state index in [1.54, 1.807) is 10.9 Å². The molecule has 1 aromatic carbocycles. The molecule has 3 heterocycles. The second-order valence-corrected chi connectivity index (χ2v) is 7.12. The lowest BCUT2D eigenvalue weighted by Gasteiger charge is -2.15. The minimum absolute atomic E-state index is 0.132. The van der Waals surface area contributed by atoms with Crippen LogP contribution in [0.3, 0.4) is 0 Å². The van der Waals surface area contributed by atoms with Crippen LogP contribution in [0.15, 0.2) is 41.4 Å². The van der Waals surface area contributed by atoms with Crippen LogP contribution in [0.2, 0.25) is 0 Å². The Morgan fingerprint density at radius 1 is 1.27 bits per heavy atom. The average Bonchev–Trinajstić information content (AvgIpc) is 3.19. The lowest BCUT2D eigenvalue weighted by Crippen LogP contribution is -2.32. The van der Waals surface area contributed by atoms with E-state index in [-0.39, 0.29) is 6.61 Å². The van der Waals surface area contributed by atoms with E-state index in [9.17, 15) is 10.2 Å². The molecule has 8 nitrogen and oxygen atoms in total. The number of nitrogens with zero attached hydrogens (tertiary/aromatic N) is 4. The average molecular weight is 420 g/mol. The number of anilines is 1. The lowest BCUT2D eigenvalue weighted by molar-refractivity contribution is 0.0157. The van der Waals surface area contributed by atoms with Crippen molar-refractivity contribution < 1.29 is 14.9 Å². The molecule has 0 saturated carbocycles. The Morgan fingerprint density at radius 3 is 2.92 bits per heavy atom. The van der Waals surface area contributed by atoms with Gasteiger partial charge in [0.1, 0.15) is 30.2 Å². The maximum absolute atomic E-state index is 9.96. The van der Waals surface area contributed by atoms with Gasteiger partial charge in [0.05, 0.1) is 19.5 Å². The molecule has 1 fully saturated rings. The van der Waals surface area contributed by atoms with E-state index >= 15 is 0 Å². The van der Waals surface area contributed by atoms with E-state index < -0.39 is 18.3 Å². The lowest BCUT2D eigenvalue weighted by atomic mass is 10.1. The largest absolute Gasteiger partial charge is 0.388 e. The standard InChI is InChI=1S/C17H18BrN5O3/c18-11-3-1-2-10(4-11)5-19-16-14-17(21-8-20-16)23(9-22-14)6-13-15(25)12(24)7-26-13/h1-4,8-9,12-13,15,24-25H,5-7H2,(H,19,20,21)/t12-,13+,15-/m0/s1. The van der Waals surface area contributed by atoms with Gasteiger partial charge in [-0.3, -0.25) is 0 Å². The highest BCUT2D eigenvalue weighted by atomic mass is 79.9. The summed E-state index contributed by atoms with van der Waals surface area (Å²) in [6.45, 7) is 1.10. The number of rotatable bonds is 5. The van der Waals surface area contributed by atoms with E-state index in [0.717, 1.165) is 10.0 Å². The fraction of sp³-hybridized carbons (Fsp3) is 0.353. The number of halogens is 1. The van der Waals surface area contributed by atoms with Crippen LogP contribution in [0.25, 0.3) is 11.2 Å². The third-order valence-electron chi connectivity index (χ3n) is 4.38. The summed E-state index contributed by atoms with van der Waals surface area (Å²) in [7, 11) is 0. The van der Waals surface area contributed by atoms with Crippen LogP contribution in [0.1, 0.15) is 5.56 Å². The first-order valence-corrected chi connectivity index (χ1v) is 9.03. The van der Waals surface area contributed by atoms with Crippen molar-refractivity contribution in [2.75, 3.05) is 11.9 Å². The molecule has 0 unspecified atom stereocenters. The topological polar surface area (TPSA) is 105 Å². The van der Waals surface area contributed by atoms with Gasteiger partial charge in [-0.25, -0.2) is 15.0 Å². The monoisotopic (exact) mass is 419 g/mol. The summed E-state index contributed by atoms with van der Waals surface area (Å²) in [6, 6.07) is 8.02. The minimum atomic E-state index is -0.914. The van der Waals surface area contributed by atoms with Gasteiger partial charge in [-0.05, 0) is 17.7 Å². The summed E-state index contributed by atoms with van der Waals surface area (Å²) >= 11 is 3.46. The van der Waals surface area contributed by atoms with Gasteiger partial charge in [0.25, 0.3) is 0 Å². The molecule has 1 aliphatic heterocycles. The first-order chi connectivity index (χ1) is 12.6. The van der Waals surface area contributed by atoms with E-state index in [4.69, 9.17) is 4.74 Å². The first kappa shape index (κ1) is 17.3.